The molecule has 0 saturated carbocycles. The summed E-state index contributed by atoms with van der Waals surface area (Å²) in [6.45, 7) is 5.97. The lowest BCUT2D eigenvalue weighted by molar-refractivity contribution is 0.474. The molecule has 0 spiro atoms. The summed E-state index contributed by atoms with van der Waals surface area (Å²) in [6, 6.07) is 0. The Hall–Kier alpha value is -0.870. The predicted molar refractivity (Wildman–Crippen MR) is 56.1 cm³/mol. The largest absolute Gasteiger partial charge is 0.333 e. The van der Waals surface area contributed by atoms with Crippen molar-refractivity contribution in [2.45, 2.75) is 25.3 Å². The van der Waals surface area contributed by atoms with Gasteiger partial charge in [-0.25, -0.2) is 4.98 Å². The lowest BCUT2D eigenvalue weighted by Gasteiger charge is -2.24. The molecule has 2 rings (SSSR count). The summed E-state index contributed by atoms with van der Waals surface area (Å²) in [7, 11) is 0. The van der Waals surface area contributed by atoms with Gasteiger partial charge in [0.15, 0.2) is 0 Å². The second kappa shape index (κ2) is 3.71. The number of rotatable bonds is 3. The van der Waals surface area contributed by atoms with Crippen molar-refractivity contribution in [3.8, 4) is 0 Å². The van der Waals surface area contributed by atoms with Crippen LogP contribution in [0, 0.1) is 0 Å². The minimum atomic E-state index is 0.242. The molecule has 1 unspecified atom stereocenters. The third-order valence-electron chi connectivity index (χ3n) is 3.07. The summed E-state index contributed by atoms with van der Waals surface area (Å²) in [5.74, 6) is 0. The molecule has 1 fully saturated rings. The van der Waals surface area contributed by atoms with Gasteiger partial charge in [0.25, 0.3) is 0 Å². The van der Waals surface area contributed by atoms with Gasteiger partial charge < -0.3 is 15.6 Å². The van der Waals surface area contributed by atoms with Crippen LogP contribution in [0.15, 0.2) is 12.5 Å². The van der Waals surface area contributed by atoms with E-state index in [0.717, 1.165) is 19.6 Å². The van der Waals surface area contributed by atoms with Crippen LogP contribution in [0.5, 0.6) is 0 Å². The van der Waals surface area contributed by atoms with Gasteiger partial charge in [-0.3, -0.25) is 0 Å². The fourth-order valence-corrected chi connectivity index (χ4v) is 2.18. The van der Waals surface area contributed by atoms with Gasteiger partial charge in [0.05, 0.1) is 6.33 Å². The molecule has 1 saturated heterocycles. The molecule has 0 bridgehead atoms. The molecule has 0 radical (unpaired) electrons. The van der Waals surface area contributed by atoms with Gasteiger partial charge in [0.1, 0.15) is 0 Å². The van der Waals surface area contributed by atoms with Crippen LogP contribution < -0.4 is 11.1 Å². The summed E-state index contributed by atoms with van der Waals surface area (Å²) < 4.78 is 2.17. The highest BCUT2D eigenvalue weighted by Crippen LogP contribution is 2.29. The fourth-order valence-electron chi connectivity index (χ4n) is 2.18. The van der Waals surface area contributed by atoms with E-state index in [-0.39, 0.29) is 5.41 Å². The van der Waals surface area contributed by atoms with E-state index in [1.807, 2.05) is 12.5 Å². The van der Waals surface area contributed by atoms with Crippen LogP contribution in [0.25, 0.3) is 0 Å². The van der Waals surface area contributed by atoms with Crippen LogP contribution in [0.3, 0.4) is 0 Å². The Bertz CT molecular complexity index is 299. The number of hydrogen-bond donors (Lipinski definition) is 2. The van der Waals surface area contributed by atoms with E-state index >= 15 is 0 Å². The van der Waals surface area contributed by atoms with Crippen molar-refractivity contribution in [3.05, 3.63) is 18.2 Å². The van der Waals surface area contributed by atoms with Gasteiger partial charge in [-0.15, -0.1) is 0 Å². The van der Waals surface area contributed by atoms with Gasteiger partial charge in [0.2, 0.25) is 0 Å². The first-order valence-corrected chi connectivity index (χ1v) is 5.18. The molecule has 1 aliphatic heterocycles. The van der Waals surface area contributed by atoms with Crippen molar-refractivity contribution in [2.24, 2.45) is 5.73 Å². The van der Waals surface area contributed by atoms with Crippen LogP contribution in [-0.4, -0.2) is 29.2 Å². The summed E-state index contributed by atoms with van der Waals surface area (Å²) in [4.78, 5) is 4.21. The molecule has 2 heterocycles. The number of nitrogens with zero attached hydrogens (tertiary/aromatic N) is 2. The summed E-state index contributed by atoms with van der Waals surface area (Å²) in [5, 5.41) is 3.40. The first-order valence-electron chi connectivity index (χ1n) is 5.18. The number of nitrogens with one attached hydrogen (secondary N) is 1. The van der Waals surface area contributed by atoms with Gasteiger partial charge in [-0.1, -0.05) is 6.92 Å². The molecule has 4 heteroatoms. The normalized spacial score (nSPS) is 27.0. The van der Waals surface area contributed by atoms with E-state index in [1.54, 1.807) is 0 Å². The highest BCUT2D eigenvalue weighted by molar-refractivity contribution is 5.17. The van der Waals surface area contributed by atoms with Crippen LogP contribution in [-0.2, 0) is 12.0 Å². The maximum absolute atomic E-state index is 5.57. The van der Waals surface area contributed by atoms with E-state index in [4.69, 9.17) is 5.73 Å². The standard InChI is InChI=1S/C10H18N4/c1-10(2-4-12-7-10)9-6-13-8-14(9)5-3-11/h6,8,12H,2-5,7,11H2,1H3. The second-order valence-corrected chi connectivity index (χ2v) is 4.25. The lowest BCUT2D eigenvalue weighted by Crippen LogP contribution is -2.28. The highest BCUT2D eigenvalue weighted by Gasteiger charge is 2.33. The van der Waals surface area contributed by atoms with Gasteiger partial charge in [0, 0.05) is 36.9 Å². The fraction of sp³-hybridized carbons (Fsp3) is 0.700. The van der Waals surface area contributed by atoms with Gasteiger partial charge in [-0.05, 0) is 13.0 Å². The van der Waals surface area contributed by atoms with Crippen molar-refractivity contribution in [1.29, 1.82) is 0 Å². The summed E-state index contributed by atoms with van der Waals surface area (Å²) in [5.41, 5.74) is 7.12. The van der Waals surface area contributed by atoms with E-state index in [9.17, 15) is 0 Å². The van der Waals surface area contributed by atoms with Crippen molar-refractivity contribution < 1.29 is 0 Å². The van der Waals surface area contributed by atoms with Gasteiger partial charge in [-0.2, -0.15) is 0 Å². The van der Waals surface area contributed by atoms with Crippen molar-refractivity contribution in [2.75, 3.05) is 19.6 Å². The molecule has 1 aromatic heterocycles. The molecular weight excluding hydrogens is 176 g/mol. The molecule has 0 amide bonds. The minimum absolute atomic E-state index is 0.242. The molecular formula is C10H18N4. The topological polar surface area (TPSA) is 55.9 Å². The van der Waals surface area contributed by atoms with E-state index in [1.165, 1.54) is 12.1 Å². The van der Waals surface area contributed by atoms with E-state index in [2.05, 4.69) is 21.8 Å². The van der Waals surface area contributed by atoms with Crippen molar-refractivity contribution in [3.63, 3.8) is 0 Å². The number of hydrogen-bond acceptors (Lipinski definition) is 3. The molecule has 3 N–H and O–H groups in total. The van der Waals surface area contributed by atoms with Crippen molar-refractivity contribution in [1.82, 2.24) is 14.9 Å². The Morgan fingerprint density at radius 1 is 1.71 bits per heavy atom. The number of imidazole rings is 1. The van der Waals surface area contributed by atoms with Crippen LogP contribution in [0.2, 0.25) is 0 Å². The molecule has 1 aliphatic rings. The Morgan fingerprint density at radius 2 is 2.57 bits per heavy atom. The Kier molecular flexibility index (Phi) is 2.56. The maximum Gasteiger partial charge on any atom is 0.0948 e. The Labute approximate surface area is 84.5 Å². The number of nitrogens with two attached hydrogens (primary N) is 1. The zero-order valence-corrected chi connectivity index (χ0v) is 8.66. The second-order valence-electron chi connectivity index (χ2n) is 4.25. The van der Waals surface area contributed by atoms with Crippen LogP contribution >= 0.6 is 0 Å². The SMILES string of the molecule is CC1(c2cncn2CCN)CCNC1. The zero-order valence-electron chi connectivity index (χ0n) is 8.66. The van der Waals surface area contributed by atoms with Crippen LogP contribution in [0.1, 0.15) is 19.0 Å². The smallest absolute Gasteiger partial charge is 0.0948 e. The minimum Gasteiger partial charge on any atom is -0.333 e. The van der Waals surface area contributed by atoms with Crippen LogP contribution in [0.4, 0.5) is 0 Å². The van der Waals surface area contributed by atoms with Crippen molar-refractivity contribution >= 4 is 0 Å². The molecule has 1 atom stereocenters. The molecule has 1 aromatic rings. The third kappa shape index (κ3) is 1.55. The average Bonchev–Trinajstić information content (AvgIpc) is 2.75. The lowest BCUT2D eigenvalue weighted by atomic mass is 9.86. The average molecular weight is 194 g/mol. The summed E-state index contributed by atoms with van der Waals surface area (Å²) >= 11 is 0. The number of aromatic nitrogens is 2. The zero-order chi connectivity index (χ0) is 10.0. The molecule has 4 nitrogen and oxygen atoms in total. The summed E-state index contributed by atoms with van der Waals surface area (Å²) in [6.07, 6.45) is 5.04. The Balaban J connectivity index is 2.25. The Morgan fingerprint density at radius 3 is 3.21 bits per heavy atom. The van der Waals surface area contributed by atoms with E-state index in [0.29, 0.717) is 6.54 Å². The molecule has 0 aromatic carbocycles. The highest BCUT2D eigenvalue weighted by atomic mass is 15.1. The van der Waals surface area contributed by atoms with E-state index < -0.39 is 0 Å². The first-order chi connectivity index (χ1) is 6.76. The maximum atomic E-state index is 5.57. The molecule has 0 aliphatic carbocycles. The first kappa shape index (κ1) is 9.68. The third-order valence-corrected chi connectivity index (χ3v) is 3.07. The molecule has 14 heavy (non-hydrogen) atoms. The quantitative estimate of drug-likeness (QED) is 0.717. The van der Waals surface area contributed by atoms with Gasteiger partial charge >= 0.3 is 0 Å². The predicted octanol–water partition coefficient (Wildman–Crippen LogP) is 0.0928. The molecule has 78 valence electrons. The monoisotopic (exact) mass is 194 g/mol.